The van der Waals surface area contributed by atoms with Gasteiger partial charge in [0.05, 0.1) is 23.9 Å². The van der Waals surface area contributed by atoms with Crippen molar-refractivity contribution in [3.8, 4) is 6.07 Å². The Labute approximate surface area is 102 Å². The minimum atomic E-state index is -1.06. The average molecular weight is 245 g/mol. The van der Waals surface area contributed by atoms with Crippen molar-refractivity contribution in [3.63, 3.8) is 0 Å². The topological polar surface area (TPSA) is 78.9 Å². The van der Waals surface area contributed by atoms with Gasteiger partial charge in [0.2, 0.25) is 0 Å². The van der Waals surface area contributed by atoms with Gasteiger partial charge < -0.3 is 5.11 Å². The maximum absolute atomic E-state index is 13.1. The van der Waals surface area contributed by atoms with E-state index in [2.05, 4.69) is 5.10 Å². The fraction of sp³-hybridized carbons (Fsp3) is 0.0833. The number of benzene rings is 1. The zero-order valence-corrected chi connectivity index (χ0v) is 9.17. The molecule has 0 atom stereocenters. The molecule has 90 valence electrons. The monoisotopic (exact) mass is 245 g/mol. The zero-order valence-electron chi connectivity index (χ0n) is 9.17. The van der Waals surface area contributed by atoms with Crippen molar-refractivity contribution in [2.45, 2.75) is 6.54 Å². The first kappa shape index (κ1) is 11.8. The van der Waals surface area contributed by atoms with Crippen molar-refractivity contribution in [1.29, 1.82) is 5.26 Å². The Kier molecular flexibility index (Phi) is 3.06. The van der Waals surface area contributed by atoms with E-state index in [0.29, 0.717) is 5.56 Å². The Morgan fingerprint density at radius 3 is 2.94 bits per heavy atom. The van der Waals surface area contributed by atoms with Crippen LogP contribution in [0.25, 0.3) is 0 Å². The van der Waals surface area contributed by atoms with E-state index in [9.17, 15) is 9.18 Å². The number of rotatable bonds is 3. The number of carboxylic acids is 1. The Morgan fingerprint density at radius 1 is 1.56 bits per heavy atom. The molecule has 0 aliphatic carbocycles. The number of aromatic nitrogens is 2. The normalized spacial score (nSPS) is 10.0. The molecule has 0 fully saturated rings. The summed E-state index contributed by atoms with van der Waals surface area (Å²) in [6.07, 6.45) is 2.61. The van der Waals surface area contributed by atoms with Crippen LogP contribution in [-0.4, -0.2) is 20.9 Å². The van der Waals surface area contributed by atoms with Crippen LogP contribution in [0.1, 0.15) is 21.5 Å². The van der Waals surface area contributed by atoms with Crippen LogP contribution in [0, 0.1) is 17.1 Å². The average Bonchev–Trinajstić information content (AvgIpc) is 2.80. The van der Waals surface area contributed by atoms with Crippen molar-refractivity contribution in [2.75, 3.05) is 0 Å². The van der Waals surface area contributed by atoms with Crippen LogP contribution in [-0.2, 0) is 6.54 Å². The minimum Gasteiger partial charge on any atom is -0.478 e. The number of nitrogens with zero attached hydrogens (tertiary/aromatic N) is 3. The van der Waals surface area contributed by atoms with Crippen LogP contribution >= 0.6 is 0 Å². The van der Waals surface area contributed by atoms with Gasteiger partial charge >= 0.3 is 5.97 Å². The fourth-order valence-electron chi connectivity index (χ4n) is 1.50. The van der Waals surface area contributed by atoms with E-state index >= 15 is 0 Å². The first-order valence-electron chi connectivity index (χ1n) is 5.04. The maximum Gasteiger partial charge on any atom is 0.338 e. The summed E-state index contributed by atoms with van der Waals surface area (Å²) in [5, 5.41) is 21.3. The smallest absolute Gasteiger partial charge is 0.338 e. The zero-order chi connectivity index (χ0) is 13.1. The first-order valence-corrected chi connectivity index (χ1v) is 5.04. The second-order valence-electron chi connectivity index (χ2n) is 3.66. The lowest BCUT2D eigenvalue weighted by atomic mass is 10.1. The van der Waals surface area contributed by atoms with E-state index in [1.807, 2.05) is 0 Å². The molecular formula is C12H8FN3O2. The summed E-state index contributed by atoms with van der Waals surface area (Å²) in [7, 11) is 0. The molecule has 0 saturated carbocycles. The van der Waals surface area contributed by atoms with Crippen molar-refractivity contribution >= 4 is 5.97 Å². The molecule has 1 aromatic carbocycles. The lowest BCUT2D eigenvalue weighted by Gasteiger charge is -2.02. The predicted octanol–water partition coefficient (Wildman–Crippen LogP) is 1.64. The minimum absolute atomic E-state index is 0.0434. The van der Waals surface area contributed by atoms with E-state index in [-0.39, 0.29) is 17.7 Å². The molecule has 2 rings (SSSR count). The number of carboxylic acid groups (broad SMARTS) is 1. The van der Waals surface area contributed by atoms with Gasteiger partial charge in [0.15, 0.2) is 0 Å². The molecule has 18 heavy (non-hydrogen) atoms. The van der Waals surface area contributed by atoms with Gasteiger partial charge in [-0.05, 0) is 17.7 Å². The van der Waals surface area contributed by atoms with Crippen LogP contribution in [0.3, 0.4) is 0 Å². The summed E-state index contributed by atoms with van der Waals surface area (Å²) >= 11 is 0. The number of hydrogen-bond donors (Lipinski definition) is 1. The molecule has 1 heterocycles. The van der Waals surface area contributed by atoms with Crippen LogP contribution in [0.5, 0.6) is 0 Å². The molecule has 0 aliphatic rings. The van der Waals surface area contributed by atoms with Crippen molar-refractivity contribution in [2.24, 2.45) is 0 Å². The van der Waals surface area contributed by atoms with Gasteiger partial charge in [-0.1, -0.05) is 6.07 Å². The highest BCUT2D eigenvalue weighted by molar-refractivity contribution is 5.86. The van der Waals surface area contributed by atoms with E-state index in [1.54, 1.807) is 6.07 Å². The highest BCUT2D eigenvalue weighted by Gasteiger charge is 2.07. The maximum atomic E-state index is 13.1. The van der Waals surface area contributed by atoms with Gasteiger partial charge in [-0.25, -0.2) is 9.18 Å². The summed E-state index contributed by atoms with van der Waals surface area (Å²) in [5.41, 5.74) is 0.712. The third-order valence-corrected chi connectivity index (χ3v) is 2.38. The van der Waals surface area contributed by atoms with Gasteiger partial charge in [0, 0.05) is 6.20 Å². The van der Waals surface area contributed by atoms with Gasteiger partial charge in [0.1, 0.15) is 11.9 Å². The number of nitriles is 1. The summed E-state index contributed by atoms with van der Waals surface area (Å²) in [5.74, 6) is -1.63. The first-order chi connectivity index (χ1) is 8.60. The third-order valence-electron chi connectivity index (χ3n) is 2.38. The van der Waals surface area contributed by atoms with Crippen LogP contribution in [0.4, 0.5) is 4.39 Å². The van der Waals surface area contributed by atoms with E-state index in [1.165, 1.54) is 35.3 Å². The molecule has 1 aromatic heterocycles. The lowest BCUT2D eigenvalue weighted by molar-refractivity contribution is 0.0697. The highest BCUT2D eigenvalue weighted by Crippen LogP contribution is 2.11. The second kappa shape index (κ2) is 4.67. The summed E-state index contributed by atoms with van der Waals surface area (Å²) < 4.78 is 14.5. The fourth-order valence-corrected chi connectivity index (χ4v) is 1.50. The number of hydrogen-bond acceptors (Lipinski definition) is 3. The molecular weight excluding hydrogens is 237 g/mol. The van der Waals surface area contributed by atoms with E-state index < -0.39 is 11.8 Å². The molecule has 0 radical (unpaired) electrons. The molecule has 5 nitrogen and oxygen atoms in total. The van der Waals surface area contributed by atoms with Crippen molar-refractivity contribution in [1.82, 2.24) is 9.78 Å². The quantitative estimate of drug-likeness (QED) is 0.891. The lowest BCUT2D eigenvalue weighted by Crippen LogP contribution is -2.01. The molecule has 0 bridgehead atoms. The van der Waals surface area contributed by atoms with Gasteiger partial charge in [-0.15, -0.1) is 0 Å². The predicted molar refractivity (Wildman–Crippen MR) is 59.4 cm³/mol. The van der Waals surface area contributed by atoms with E-state index in [4.69, 9.17) is 10.4 Å². The number of halogens is 1. The summed E-state index contributed by atoms with van der Waals surface area (Å²) in [6, 6.07) is 5.89. The molecule has 2 aromatic rings. The SMILES string of the molecule is N#Cc1cc(Cn2cc(C(=O)O)cn2)ccc1F. The molecule has 0 aliphatic heterocycles. The molecule has 0 spiro atoms. The summed E-state index contributed by atoms with van der Waals surface area (Å²) in [6.45, 7) is 0.280. The van der Waals surface area contributed by atoms with Crippen molar-refractivity contribution < 1.29 is 14.3 Å². The second-order valence-corrected chi connectivity index (χ2v) is 3.66. The Morgan fingerprint density at radius 2 is 2.33 bits per heavy atom. The summed E-state index contributed by atoms with van der Waals surface area (Å²) in [4.78, 5) is 10.7. The Bertz CT molecular complexity index is 643. The van der Waals surface area contributed by atoms with E-state index in [0.717, 1.165) is 0 Å². The molecule has 0 saturated heterocycles. The highest BCUT2D eigenvalue weighted by atomic mass is 19.1. The van der Waals surface area contributed by atoms with Gasteiger partial charge in [-0.3, -0.25) is 4.68 Å². The molecule has 1 N–H and O–H groups in total. The Balaban J connectivity index is 2.23. The standard InChI is InChI=1S/C12H8FN3O2/c13-11-2-1-8(3-9(11)4-14)6-16-7-10(5-15-16)12(17)18/h1-3,5,7H,6H2,(H,17,18). The van der Waals surface area contributed by atoms with Gasteiger partial charge in [-0.2, -0.15) is 10.4 Å². The number of aromatic carboxylic acids is 1. The molecule has 0 amide bonds. The van der Waals surface area contributed by atoms with Crippen LogP contribution < -0.4 is 0 Å². The number of carbonyl (C=O) groups is 1. The van der Waals surface area contributed by atoms with Gasteiger partial charge in [0.25, 0.3) is 0 Å². The molecule has 6 heteroatoms. The van der Waals surface area contributed by atoms with Crippen LogP contribution in [0.2, 0.25) is 0 Å². The van der Waals surface area contributed by atoms with Crippen LogP contribution in [0.15, 0.2) is 30.6 Å². The largest absolute Gasteiger partial charge is 0.478 e. The van der Waals surface area contributed by atoms with Crippen molar-refractivity contribution in [3.05, 3.63) is 53.1 Å². The molecule has 0 unspecified atom stereocenters. The Hall–Kier alpha value is -2.68. The third kappa shape index (κ3) is 2.35.